The molecule has 0 spiro atoms. The average molecular weight is 365 g/mol. The molecule has 0 fully saturated rings. The molecule has 0 saturated heterocycles. The van der Waals surface area contributed by atoms with Gasteiger partial charge in [0, 0.05) is 29.6 Å². The van der Waals surface area contributed by atoms with E-state index < -0.39 is 0 Å². The summed E-state index contributed by atoms with van der Waals surface area (Å²) in [6.07, 6.45) is 0. The summed E-state index contributed by atoms with van der Waals surface area (Å²) in [5.74, 6) is 1.84. The Labute approximate surface area is 158 Å². The Kier molecular flexibility index (Phi) is 5.76. The molecule has 1 amide bonds. The number of pyridine rings is 1. The maximum absolute atomic E-state index is 12.4. The van der Waals surface area contributed by atoms with Gasteiger partial charge in [0.25, 0.3) is 5.91 Å². The first-order chi connectivity index (χ1) is 13.1. The van der Waals surface area contributed by atoms with Gasteiger partial charge in [-0.2, -0.15) is 0 Å². The molecule has 1 aromatic heterocycles. The molecule has 140 valence electrons. The summed E-state index contributed by atoms with van der Waals surface area (Å²) in [6.45, 7) is 2.92. The number of benzene rings is 2. The monoisotopic (exact) mass is 365 g/mol. The second-order valence-electron chi connectivity index (χ2n) is 6.08. The number of fused-ring (bicyclic) bond motifs is 1. The number of methoxy groups -OCH3 is 2. The van der Waals surface area contributed by atoms with Crippen LogP contribution in [-0.4, -0.2) is 38.2 Å². The molecule has 0 aliphatic heterocycles. The number of hydrogen-bond acceptors (Lipinski definition) is 5. The zero-order valence-electron chi connectivity index (χ0n) is 15.7. The zero-order chi connectivity index (χ0) is 19.2. The number of anilines is 1. The molecule has 3 aromatic rings. The van der Waals surface area contributed by atoms with Gasteiger partial charge in [0.15, 0.2) is 0 Å². The molecule has 1 heterocycles. The summed E-state index contributed by atoms with van der Waals surface area (Å²) >= 11 is 0. The lowest BCUT2D eigenvalue weighted by atomic mass is 10.1. The predicted octanol–water partition coefficient (Wildman–Crippen LogP) is 3.40. The molecule has 0 atom stereocenters. The highest BCUT2D eigenvalue weighted by atomic mass is 16.5. The van der Waals surface area contributed by atoms with Crippen molar-refractivity contribution in [2.24, 2.45) is 0 Å². The lowest BCUT2D eigenvalue weighted by Crippen LogP contribution is -2.29. The standard InChI is InChI=1S/C21H23N3O3/c1-14-18(26-2)12-16(13-19(14)27-3)21(25)23-11-10-22-20-9-8-15-6-4-5-7-17(15)24-20/h4-9,12-13H,10-11H2,1-3H3,(H,22,24)(H,23,25). The van der Waals surface area contributed by atoms with Gasteiger partial charge in [-0.15, -0.1) is 0 Å². The third-order valence-electron chi connectivity index (χ3n) is 4.33. The predicted molar refractivity (Wildman–Crippen MR) is 107 cm³/mol. The molecule has 3 rings (SSSR count). The second-order valence-corrected chi connectivity index (χ2v) is 6.08. The molecule has 0 saturated carbocycles. The van der Waals surface area contributed by atoms with E-state index in [2.05, 4.69) is 15.6 Å². The summed E-state index contributed by atoms with van der Waals surface area (Å²) in [6, 6.07) is 15.3. The van der Waals surface area contributed by atoms with Crippen molar-refractivity contribution in [3.63, 3.8) is 0 Å². The minimum Gasteiger partial charge on any atom is -0.496 e. The van der Waals surface area contributed by atoms with Gasteiger partial charge in [-0.1, -0.05) is 18.2 Å². The summed E-state index contributed by atoms with van der Waals surface area (Å²) in [5, 5.41) is 7.21. The number of carbonyl (C=O) groups excluding carboxylic acids is 1. The van der Waals surface area contributed by atoms with Crippen LogP contribution in [-0.2, 0) is 0 Å². The van der Waals surface area contributed by atoms with Gasteiger partial charge in [-0.05, 0) is 37.3 Å². The zero-order valence-corrected chi connectivity index (χ0v) is 15.7. The number of amides is 1. The minimum absolute atomic E-state index is 0.181. The van der Waals surface area contributed by atoms with Crippen LogP contribution in [0.2, 0.25) is 0 Å². The fraction of sp³-hybridized carbons (Fsp3) is 0.238. The Balaban J connectivity index is 1.57. The minimum atomic E-state index is -0.181. The number of ether oxygens (including phenoxy) is 2. The van der Waals surface area contributed by atoms with Crippen molar-refractivity contribution >= 4 is 22.6 Å². The Morgan fingerprint density at radius 2 is 1.70 bits per heavy atom. The summed E-state index contributed by atoms with van der Waals surface area (Å²) in [5.41, 5.74) is 2.30. The van der Waals surface area contributed by atoms with Crippen molar-refractivity contribution in [3.8, 4) is 11.5 Å². The van der Waals surface area contributed by atoms with E-state index in [0.717, 1.165) is 22.3 Å². The van der Waals surface area contributed by atoms with E-state index in [0.29, 0.717) is 30.2 Å². The normalized spacial score (nSPS) is 10.5. The third kappa shape index (κ3) is 4.28. The van der Waals surface area contributed by atoms with Crippen molar-refractivity contribution in [1.82, 2.24) is 10.3 Å². The number of para-hydroxylation sites is 1. The lowest BCUT2D eigenvalue weighted by molar-refractivity contribution is 0.0954. The topological polar surface area (TPSA) is 72.5 Å². The fourth-order valence-electron chi connectivity index (χ4n) is 2.85. The van der Waals surface area contributed by atoms with E-state index in [1.165, 1.54) is 0 Å². The van der Waals surface area contributed by atoms with Gasteiger partial charge < -0.3 is 20.1 Å². The molecule has 0 radical (unpaired) electrons. The smallest absolute Gasteiger partial charge is 0.251 e. The van der Waals surface area contributed by atoms with Crippen molar-refractivity contribution in [2.75, 3.05) is 32.6 Å². The van der Waals surface area contributed by atoms with Gasteiger partial charge in [0.2, 0.25) is 0 Å². The van der Waals surface area contributed by atoms with E-state index in [9.17, 15) is 4.79 Å². The van der Waals surface area contributed by atoms with Gasteiger partial charge in [-0.25, -0.2) is 4.98 Å². The molecule has 6 heteroatoms. The quantitative estimate of drug-likeness (QED) is 0.628. The Hall–Kier alpha value is -3.28. The molecule has 2 N–H and O–H groups in total. The van der Waals surface area contributed by atoms with Crippen LogP contribution in [0.5, 0.6) is 11.5 Å². The molecule has 0 unspecified atom stereocenters. The first kappa shape index (κ1) is 18.5. The number of rotatable bonds is 7. The fourth-order valence-corrected chi connectivity index (χ4v) is 2.85. The first-order valence-electron chi connectivity index (χ1n) is 8.73. The van der Waals surface area contributed by atoms with Gasteiger partial charge in [0.05, 0.1) is 19.7 Å². The van der Waals surface area contributed by atoms with E-state index in [1.54, 1.807) is 26.4 Å². The van der Waals surface area contributed by atoms with E-state index in [-0.39, 0.29) is 5.91 Å². The largest absolute Gasteiger partial charge is 0.496 e. The third-order valence-corrected chi connectivity index (χ3v) is 4.33. The maximum Gasteiger partial charge on any atom is 0.251 e. The Morgan fingerprint density at radius 1 is 1.00 bits per heavy atom. The SMILES string of the molecule is COc1cc(C(=O)NCCNc2ccc3ccccc3n2)cc(OC)c1C. The van der Waals surface area contributed by atoms with Crippen LogP contribution in [0.1, 0.15) is 15.9 Å². The number of nitrogens with one attached hydrogen (secondary N) is 2. The van der Waals surface area contributed by atoms with Crippen LogP contribution >= 0.6 is 0 Å². The molecule has 0 aliphatic rings. The average Bonchev–Trinajstić information content (AvgIpc) is 2.71. The molecule has 27 heavy (non-hydrogen) atoms. The number of nitrogens with zero attached hydrogens (tertiary/aromatic N) is 1. The highest BCUT2D eigenvalue weighted by Gasteiger charge is 2.13. The molecular weight excluding hydrogens is 342 g/mol. The Bertz CT molecular complexity index is 931. The number of carbonyl (C=O) groups is 1. The van der Waals surface area contributed by atoms with Crippen LogP contribution in [0.25, 0.3) is 10.9 Å². The van der Waals surface area contributed by atoms with Crippen molar-refractivity contribution < 1.29 is 14.3 Å². The molecular formula is C21H23N3O3. The molecule has 6 nitrogen and oxygen atoms in total. The van der Waals surface area contributed by atoms with Crippen LogP contribution in [0.15, 0.2) is 48.5 Å². The van der Waals surface area contributed by atoms with Gasteiger partial charge in [-0.3, -0.25) is 4.79 Å². The Morgan fingerprint density at radius 3 is 2.41 bits per heavy atom. The van der Waals surface area contributed by atoms with Gasteiger partial charge in [0.1, 0.15) is 17.3 Å². The lowest BCUT2D eigenvalue weighted by Gasteiger charge is -2.13. The highest BCUT2D eigenvalue weighted by Crippen LogP contribution is 2.29. The van der Waals surface area contributed by atoms with Crippen LogP contribution in [0, 0.1) is 6.92 Å². The molecule has 0 aliphatic carbocycles. The van der Waals surface area contributed by atoms with Crippen molar-refractivity contribution in [3.05, 3.63) is 59.7 Å². The van der Waals surface area contributed by atoms with Crippen molar-refractivity contribution in [2.45, 2.75) is 6.92 Å². The second kappa shape index (κ2) is 8.40. The van der Waals surface area contributed by atoms with Crippen LogP contribution < -0.4 is 20.1 Å². The summed E-state index contributed by atoms with van der Waals surface area (Å²) < 4.78 is 10.6. The number of hydrogen-bond donors (Lipinski definition) is 2. The van der Waals surface area contributed by atoms with Crippen molar-refractivity contribution in [1.29, 1.82) is 0 Å². The first-order valence-corrected chi connectivity index (χ1v) is 8.73. The van der Waals surface area contributed by atoms with Gasteiger partial charge >= 0.3 is 0 Å². The van der Waals surface area contributed by atoms with E-state index in [1.807, 2.05) is 43.3 Å². The summed E-state index contributed by atoms with van der Waals surface area (Å²) in [4.78, 5) is 17.0. The summed E-state index contributed by atoms with van der Waals surface area (Å²) in [7, 11) is 3.15. The molecule has 2 aromatic carbocycles. The van der Waals surface area contributed by atoms with Crippen LogP contribution in [0.3, 0.4) is 0 Å². The highest BCUT2D eigenvalue weighted by molar-refractivity contribution is 5.95. The van der Waals surface area contributed by atoms with E-state index >= 15 is 0 Å². The van der Waals surface area contributed by atoms with Crippen LogP contribution in [0.4, 0.5) is 5.82 Å². The maximum atomic E-state index is 12.4. The van der Waals surface area contributed by atoms with E-state index in [4.69, 9.17) is 9.47 Å². The number of aromatic nitrogens is 1. The molecule has 0 bridgehead atoms.